The Balaban J connectivity index is 2.76. The molecule has 0 saturated heterocycles. The number of thioether (sulfide) groups is 1. The van der Waals surface area contributed by atoms with Crippen LogP contribution < -0.4 is 0 Å². The SMILES string of the molecule is CSCC(=O)c1sccc1C. The highest BCUT2D eigenvalue weighted by atomic mass is 32.2. The number of rotatable bonds is 3. The second-order valence-electron chi connectivity index (χ2n) is 2.29. The first kappa shape index (κ1) is 8.81. The Morgan fingerprint density at radius 1 is 1.73 bits per heavy atom. The van der Waals surface area contributed by atoms with E-state index in [4.69, 9.17) is 0 Å². The molecule has 11 heavy (non-hydrogen) atoms. The molecule has 1 aromatic rings. The van der Waals surface area contributed by atoms with Crippen LogP contribution in [0.3, 0.4) is 0 Å². The van der Waals surface area contributed by atoms with E-state index in [2.05, 4.69) is 0 Å². The monoisotopic (exact) mass is 186 g/mol. The van der Waals surface area contributed by atoms with E-state index in [1.54, 1.807) is 11.8 Å². The summed E-state index contributed by atoms with van der Waals surface area (Å²) in [5.41, 5.74) is 1.11. The fourth-order valence-corrected chi connectivity index (χ4v) is 2.22. The van der Waals surface area contributed by atoms with E-state index in [1.807, 2.05) is 24.6 Å². The molecule has 3 heteroatoms. The van der Waals surface area contributed by atoms with Crippen LogP contribution in [0.1, 0.15) is 15.2 Å². The molecule has 0 N–H and O–H groups in total. The van der Waals surface area contributed by atoms with Gasteiger partial charge in [-0.15, -0.1) is 11.3 Å². The lowest BCUT2D eigenvalue weighted by molar-refractivity contribution is 0.102. The second-order valence-corrected chi connectivity index (χ2v) is 4.07. The van der Waals surface area contributed by atoms with Crippen LogP contribution in [-0.2, 0) is 0 Å². The fraction of sp³-hybridized carbons (Fsp3) is 0.375. The highest BCUT2D eigenvalue weighted by molar-refractivity contribution is 7.99. The summed E-state index contributed by atoms with van der Waals surface area (Å²) in [6.07, 6.45) is 1.95. The zero-order valence-corrected chi connectivity index (χ0v) is 8.22. The summed E-state index contributed by atoms with van der Waals surface area (Å²) in [7, 11) is 0. The number of hydrogen-bond acceptors (Lipinski definition) is 3. The topological polar surface area (TPSA) is 17.1 Å². The summed E-state index contributed by atoms with van der Waals surface area (Å²) < 4.78 is 0. The van der Waals surface area contributed by atoms with Crippen LogP contribution in [-0.4, -0.2) is 17.8 Å². The Labute approximate surface area is 74.8 Å². The molecule has 0 aliphatic rings. The standard InChI is InChI=1S/C8H10OS2/c1-6-3-4-11-8(6)7(9)5-10-2/h3-4H,5H2,1-2H3. The third-order valence-electron chi connectivity index (χ3n) is 1.39. The van der Waals surface area contributed by atoms with Crippen molar-refractivity contribution in [3.63, 3.8) is 0 Å². The molecule has 0 spiro atoms. The first-order chi connectivity index (χ1) is 5.25. The van der Waals surface area contributed by atoms with Gasteiger partial charge in [0.05, 0.1) is 10.6 Å². The van der Waals surface area contributed by atoms with E-state index in [1.165, 1.54) is 11.3 Å². The molecule has 60 valence electrons. The number of Topliss-reactive ketones (excluding diaryl/α,β-unsaturated/α-hetero) is 1. The lowest BCUT2D eigenvalue weighted by atomic mass is 10.2. The molecule has 0 aliphatic carbocycles. The van der Waals surface area contributed by atoms with Crippen LogP contribution in [0.25, 0.3) is 0 Å². The molecule has 0 saturated carbocycles. The Kier molecular flexibility index (Phi) is 3.15. The van der Waals surface area contributed by atoms with Gasteiger partial charge in [-0.1, -0.05) is 0 Å². The Bertz CT molecular complexity index is 252. The molecule has 1 heterocycles. The molecular formula is C8H10OS2. The van der Waals surface area contributed by atoms with E-state index >= 15 is 0 Å². The van der Waals surface area contributed by atoms with E-state index in [9.17, 15) is 4.79 Å². The van der Waals surface area contributed by atoms with E-state index < -0.39 is 0 Å². The van der Waals surface area contributed by atoms with Gasteiger partial charge in [-0.3, -0.25) is 4.79 Å². The lowest BCUT2D eigenvalue weighted by Crippen LogP contribution is -2.00. The molecule has 0 fully saturated rings. The fourth-order valence-electron chi connectivity index (χ4n) is 0.855. The van der Waals surface area contributed by atoms with Crippen LogP contribution >= 0.6 is 23.1 Å². The van der Waals surface area contributed by atoms with Crippen LogP contribution in [0, 0.1) is 6.92 Å². The predicted molar refractivity (Wildman–Crippen MR) is 51.8 cm³/mol. The smallest absolute Gasteiger partial charge is 0.182 e. The van der Waals surface area contributed by atoms with Gasteiger partial charge in [-0.05, 0) is 30.2 Å². The molecule has 1 rings (SSSR count). The molecule has 0 aliphatic heterocycles. The summed E-state index contributed by atoms with van der Waals surface area (Å²) in [5.74, 6) is 0.853. The Morgan fingerprint density at radius 3 is 2.91 bits per heavy atom. The molecule has 0 unspecified atom stereocenters. The number of ketones is 1. The van der Waals surface area contributed by atoms with Gasteiger partial charge < -0.3 is 0 Å². The zero-order chi connectivity index (χ0) is 8.27. The summed E-state index contributed by atoms with van der Waals surface area (Å²) in [6.45, 7) is 1.98. The maximum atomic E-state index is 11.3. The summed E-state index contributed by atoms with van der Waals surface area (Å²) in [6, 6.07) is 1.98. The quantitative estimate of drug-likeness (QED) is 0.675. The van der Waals surface area contributed by atoms with Crippen molar-refractivity contribution in [2.75, 3.05) is 12.0 Å². The Morgan fingerprint density at radius 2 is 2.45 bits per heavy atom. The molecule has 0 amide bonds. The van der Waals surface area contributed by atoms with Gasteiger partial charge >= 0.3 is 0 Å². The average Bonchev–Trinajstić information content (AvgIpc) is 2.36. The van der Waals surface area contributed by atoms with Crippen molar-refractivity contribution in [1.29, 1.82) is 0 Å². The third-order valence-corrected chi connectivity index (χ3v) is 3.00. The maximum Gasteiger partial charge on any atom is 0.182 e. The lowest BCUT2D eigenvalue weighted by Gasteiger charge is -1.94. The van der Waals surface area contributed by atoms with Gasteiger partial charge in [0.15, 0.2) is 5.78 Å². The van der Waals surface area contributed by atoms with E-state index in [0.29, 0.717) is 5.75 Å². The average molecular weight is 186 g/mol. The molecule has 0 bridgehead atoms. The Hall–Kier alpha value is -0.280. The minimum Gasteiger partial charge on any atom is -0.292 e. The zero-order valence-electron chi connectivity index (χ0n) is 6.59. The highest BCUT2D eigenvalue weighted by Crippen LogP contribution is 2.17. The largest absolute Gasteiger partial charge is 0.292 e. The summed E-state index contributed by atoms with van der Waals surface area (Å²) in [5, 5.41) is 1.96. The van der Waals surface area contributed by atoms with E-state index in [0.717, 1.165) is 10.4 Å². The molecule has 1 aromatic heterocycles. The molecule has 0 aromatic carbocycles. The third kappa shape index (κ3) is 2.07. The minimum atomic E-state index is 0.255. The van der Waals surface area contributed by atoms with Gasteiger partial charge in [-0.2, -0.15) is 11.8 Å². The van der Waals surface area contributed by atoms with Crippen molar-refractivity contribution in [2.45, 2.75) is 6.92 Å². The van der Waals surface area contributed by atoms with Crippen molar-refractivity contribution < 1.29 is 4.79 Å². The molecule has 0 radical (unpaired) electrons. The van der Waals surface area contributed by atoms with Crippen molar-refractivity contribution >= 4 is 28.9 Å². The number of carbonyl (C=O) groups is 1. The molecular weight excluding hydrogens is 176 g/mol. The normalized spacial score (nSPS) is 10.0. The van der Waals surface area contributed by atoms with Crippen LogP contribution in [0.2, 0.25) is 0 Å². The van der Waals surface area contributed by atoms with Crippen molar-refractivity contribution in [1.82, 2.24) is 0 Å². The summed E-state index contributed by atoms with van der Waals surface area (Å²) >= 11 is 3.11. The molecule has 1 nitrogen and oxygen atoms in total. The van der Waals surface area contributed by atoms with Crippen LogP contribution in [0.4, 0.5) is 0 Å². The van der Waals surface area contributed by atoms with Gasteiger partial charge in [0.2, 0.25) is 0 Å². The maximum absolute atomic E-state index is 11.3. The van der Waals surface area contributed by atoms with Gasteiger partial charge in [-0.25, -0.2) is 0 Å². The highest BCUT2D eigenvalue weighted by Gasteiger charge is 2.08. The van der Waals surface area contributed by atoms with Crippen LogP contribution in [0.15, 0.2) is 11.4 Å². The minimum absolute atomic E-state index is 0.255. The second kappa shape index (κ2) is 3.93. The number of hydrogen-bond donors (Lipinski definition) is 0. The molecule has 0 atom stereocenters. The van der Waals surface area contributed by atoms with Gasteiger partial charge in [0, 0.05) is 0 Å². The van der Waals surface area contributed by atoms with E-state index in [-0.39, 0.29) is 5.78 Å². The van der Waals surface area contributed by atoms with Crippen molar-refractivity contribution in [3.8, 4) is 0 Å². The van der Waals surface area contributed by atoms with Crippen LogP contribution in [0.5, 0.6) is 0 Å². The summed E-state index contributed by atoms with van der Waals surface area (Å²) in [4.78, 5) is 12.2. The first-order valence-electron chi connectivity index (χ1n) is 3.32. The van der Waals surface area contributed by atoms with Gasteiger partial charge in [0.1, 0.15) is 0 Å². The van der Waals surface area contributed by atoms with Crippen molar-refractivity contribution in [2.24, 2.45) is 0 Å². The van der Waals surface area contributed by atoms with Gasteiger partial charge in [0.25, 0.3) is 0 Å². The number of thiophene rings is 1. The first-order valence-corrected chi connectivity index (χ1v) is 5.59. The predicted octanol–water partition coefficient (Wildman–Crippen LogP) is 2.60. The number of carbonyl (C=O) groups excluding carboxylic acids is 1. The van der Waals surface area contributed by atoms with Crippen molar-refractivity contribution in [3.05, 3.63) is 21.9 Å². The number of aryl methyl sites for hydroxylation is 1.